The van der Waals surface area contributed by atoms with Crippen LogP contribution in [-0.4, -0.2) is 22.4 Å². The molecule has 0 saturated heterocycles. The molecule has 0 aromatic heterocycles. The molecule has 0 aliphatic carbocycles. The molecule has 0 unspecified atom stereocenters. The largest absolute Gasteiger partial charge is 0.269 e. The van der Waals surface area contributed by atoms with Crippen LogP contribution in [0.15, 0.2) is 42.5 Å². The molecule has 0 aliphatic heterocycles. The van der Waals surface area contributed by atoms with E-state index in [1.165, 1.54) is 11.1 Å². The molecule has 4 heteroatoms. The Kier molecular flexibility index (Phi) is 4.87. The van der Waals surface area contributed by atoms with Gasteiger partial charge in [-0.2, -0.15) is 0 Å². The van der Waals surface area contributed by atoms with Gasteiger partial charge in [-0.3, -0.25) is 15.0 Å². The Labute approximate surface area is 114 Å². The van der Waals surface area contributed by atoms with Crippen LogP contribution in [0.4, 0.5) is 0 Å². The Balaban J connectivity index is 2.90. The Morgan fingerprint density at radius 3 is 2.21 bits per heavy atom. The van der Waals surface area contributed by atoms with Gasteiger partial charge in [-0.1, -0.05) is 24.3 Å². The Bertz CT molecular complexity index is 473. The van der Waals surface area contributed by atoms with Crippen LogP contribution in [0.25, 0.3) is 0 Å². The molecule has 1 rings (SSSR count). The second kappa shape index (κ2) is 6.18. The maximum absolute atomic E-state index is 12.1. The first kappa shape index (κ1) is 15.0. The number of carbonyl (C=O) groups is 2. The zero-order valence-corrected chi connectivity index (χ0v) is 11.8. The average molecular weight is 260 g/mol. The summed E-state index contributed by atoms with van der Waals surface area (Å²) in [5.41, 5.74) is 2.67. The third-order valence-electron chi connectivity index (χ3n) is 2.45. The molecule has 4 nitrogen and oxygen atoms in total. The fraction of sp³-hybridized carbons (Fsp3) is 0.333. The lowest BCUT2D eigenvalue weighted by Crippen LogP contribution is -2.55. The number of hydrogen-bond donors (Lipinski definition) is 1. The SMILES string of the molecule is C/C=C/C(=O)N(NC(=O)c1ccccc1)C(C)(C)C. The smallest absolute Gasteiger partial charge is 0.268 e. The molecule has 19 heavy (non-hydrogen) atoms. The van der Waals surface area contributed by atoms with E-state index in [1.54, 1.807) is 37.3 Å². The summed E-state index contributed by atoms with van der Waals surface area (Å²) in [6.07, 6.45) is 3.08. The highest BCUT2D eigenvalue weighted by molar-refractivity contribution is 5.97. The van der Waals surface area contributed by atoms with E-state index in [0.717, 1.165) is 0 Å². The lowest BCUT2D eigenvalue weighted by molar-refractivity contribution is -0.133. The molecular weight excluding hydrogens is 240 g/mol. The molecule has 102 valence electrons. The van der Waals surface area contributed by atoms with Gasteiger partial charge in [-0.15, -0.1) is 0 Å². The Morgan fingerprint density at radius 2 is 1.74 bits per heavy atom. The van der Waals surface area contributed by atoms with Crippen molar-refractivity contribution in [2.75, 3.05) is 0 Å². The van der Waals surface area contributed by atoms with Gasteiger partial charge in [0.2, 0.25) is 0 Å². The second-order valence-corrected chi connectivity index (χ2v) is 5.15. The Morgan fingerprint density at radius 1 is 1.16 bits per heavy atom. The lowest BCUT2D eigenvalue weighted by atomic mass is 10.1. The van der Waals surface area contributed by atoms with Gasteiger partial charge < -0.3 is 0 Å². The van der Waals surface area contributed by atoms with Crippen molar-refractivity contribution in [3.05, 3.63) is 48.0 Å². The van der Waals surface area contributed by atoms with Gasteiger partial charge in [0.1, 0.15) is 0 Å². The van der Waals surface area contributed by atoms with Crippen molar-refractivity contribution >= 4 is 11.8 Å². The standard InChI is InChI=1S/C15H20N2O2/c1-5-9-13(18)17(15(2,3)4)16-14(19)12-10-7-6-8-11-12/h5-11H,1-4H3,(H,16,19)/b9-5+. The monoisotopic (exact) mass is 260 g/mol. The molecule has 0 bridgehead atoms. The van der Waals surface area contributed by atoms with Gasteiger partial charge in [0.05, 0.1) is 5.54 Å². The van der Waals surface area contributed by atoms with Crippen molar-refractivity contribution in [1.82, 2.24) is 10.4 Å². The van der Waals surface area contributed by atoms with Crippen LogP contribution >= 0.6 is 0 Å². The summed E-state index contributed by atoms with van der Waals surface area (Å²) in [6.45, 7) is 7.34. The first-order valence-electron chi connectivity index (χ1n) is 6.19. The van der Waals surface area contributed by atoms with Crippen LogP contribution in [0.1, 0.15) is 38.1 Å². The first-order valence-corrected chi connectivity index (χ1v) is 6.19. The summed E-state index contributed by atoms with van der Waals surface area (Å²) >= 11 is 0. The highest BCUT2D eigenvalue weighted by Gasteiger charge is 2.27. The van der Waals surface area contributed by atoms with E-state index in [0.29, 0.717) is 5.56 Å². The Hall–Kier alpha value is -2.10. The van der Waals surface area contributed by atoms with E-state index < -0.39 is 5.54 Å². The molecule has 1 aromatic rings. The maximum atomic E-state index is 12.1. The van der Waals surface area contributed by atoms with Gasteiger partial charge in [0.25, 0.3) is 11.8 Å². The van der Waals surface area contributed by atoms with Crippen molar-refractivity contribution in [2.45, 2.75) is 33.2 Å². The molecule has 2 amide bonds. The van der Waals surface area contributed by atoms with Crippen molar-refractivity contribution in [3.63, 3.8) is 0 Å². The van der Waals surface area contributed by atoms with E-state index in [-0.39, 0.29) is 11.8 Å². The quantitative estimate of drug-likeness (QED) is 0.656. The lowest BCUT2D eigenvalue weighted by Gasteiger charge is -2.34. The van der Waals surface area contributed by atoms with Crippen molar-refractivity contribution in [2.24, 2.45) is 0 Å². The number of nitrogens with one attached hydrogen (secondary N) is 1. The predicted octanol–water partition coefficient (Wildman–Crippen LogP) is 2.53. The fourth-order valence-corrected chi connectivity index (χ4v) is 1.53. The molecule has 0 aliphatic rings. The molecule has 0 heterocycles. The number of carbonyl (C=O) groups excluding carboxylic acids is 2. The molecular formula is C15H20N2O2. The highest BCUT2D eigenvalue weighted by atomic mass is 16.2. The third kappa shape index (κ3) is 4.25. The molecule has 0 atom stereocenters. The van der Waals surface area contributed by atoms with Crippen molar-refractivity contribution < 1.29 is 9.59 Å². The highest BCUT2D eigenvalue weighted by Crippen LogP contribution is 2.12. The minimum Gasteiger partial charge on any atom is -0.268 e. The molecule has 0 radical (unpaired) electrons. The minimum absolute atomic E-state index is 0.251. The van der Waals surface area contributed by atoms with Crippen LogP contribution in [0, 0.1) is 0 Å². The van der Waals surface area contributed by atoms with Gasteiger partial charge in [-0.25, -0.2) is 5.01 Å². The second-order valence-electron chi connectivity index (χ2n) is 5.15. The van der Waals surface area contributed by atoms with Crippen LogP contribution < -0.4 is 5.43 Å². The van der Waals surface area contributed by atoms with E-state index in [1.807, 2.05) is 26.8 Å². The molecule has 1 N–H and O–H groups in total. The third-order valence-corrected chi connectivity index (χ3v) is 2.45. The molecule has 0 spiro atoms. The summed E-state index contributed by atoms with van der Waals surface area (Å²) in [7, 11) is 0. The molecule has 1 aromatic carbocycles. The molecule has 0 saturated carbocycles. The molecule has 0 fully saturated rings. The normalized spacial score (nSPS) is 11.4. The van der Waals surface area contributed by atoms with Crippen LogP contribution in [0.2, 0.25) is 0 Å². The first-order chi connectivity index (χ1) is 8.86. The van der Waals surface area contributed by atoms with Crippen molar-refractivity contribution in [3.8, 4) is 0 Å². The summed E-state index contributed by atoms with van der Waals surface area (Å²) in [5, 5.41) is 1.34. The van der Waals surface area contributed by atoms with Gasteiger partial charge in [-0.05, 0) is 39.8 Å². The number of hydrogen-bond acceptors (Lipinski definition) is 2. The summed E-state index contributed by atoms with van der Waals surface area (Å²) in [6, 6.07) is 8.81. The van der Waals surface area contributed by atoms with E-state index >= 15 is 0 Å². The van der Waals surface area contributed by atoms with Gasteiger partial charge >= 0.3 is 0 Å². The van der Waals surface area contributed by atoms with E-state index in [2.05, 4.69) is 5.43 Å². The topological polar surface area (TPSA) is 49.4 Å². The number of benzene rings is 1. The predicted molar refractivity (Wildman–Crippen MR) is 75.3 cm³/mol. The van der Waals surface area contributed by atoms with Crippen molar-refractivity contribution in [1.29, 1.82) is 0 Å². The zero-order chi connectivity index (χ0) is 14.5. The average Bonchev–Trinajstić information content (AvgIpc) is 2.35. The van der Waals surface area contributed by atoms with E-state index in [4.69, 9.17) is 0 Å². The van der Waals surface area contributed by atoms with Crippen LogP contribution in [0.3, 0.4) is 0 Å². The van der Waals surface area contributed by atoms with E-state index in [9.17, 15) is 9.59 Å². The summed E-state index contributed by atoms with van der Waals surface area (Å²) in [4.78, 5) is 24.1. The summed E-state index contributed by atoms with van der Waals surface area (Å²) in [5.74, 6) is -0.548. The zero-order valence-electron chi connectivity index (χ0n) is 11.8. The number of rotatable bonds is 2. The number of nitrogens with zero attached hydrogens (tertiary/aromatic N) is 1. The minimum atomic E-state index is -0.499. The number of allylic oxidation sites excluding steroid dienone is 1. The maximum Gasteiger partial charge on any atom is 0.269 e. The fourth-order valence-electron chi connectivity index (χ4n) is 1.53. The van der Waals surface area contributed by atoms with Gasteiger partial charge in [0.15, 0.2) is 0 Å². The van der Waals surface area contributed by atoms with Crippen LogP contribution in [-0.2, 0) is 4.79 Å². The van der Waals surface area contributed by atoms with Crippen LogP contribution in [0.5, 0.6) is 0 Å². The van der Waals surface area contributed by atoms with Gasteiger partial charge in [0, 0.05) is 11.6 Å². The number of amides is 2. The number of hydrazine groups is 1. The summed E-state index contributed by atoms with van der Waals surface area (Å²) < 4.78 is 0.